The zero-order valence-electron chi connectivity index (χ0n) is 12.9. The first kappa shape index (κ1) is 17.1. The smallest absolute Gasteiger partial charge is 0.215 e. The third kappa shape index (κ3) is 3.36. The van der Waals surface area contributed by atoms with Gasteiger partial charge in [0.1, 0.15) is 0 Å². The van der Waals surface area contributed by atoms with E-state index in [9.17, 15) is 0 Å². The average Bonchev–Trinajstić information content (AvgIpc) is 3.15. The number of halogens is 2. The Morgan fingerprint density at radius 1 is 1.46 bits per heavy atom. The van der Waals surface area contributed by atoms with Gasteiger partial charge in [0.15, 0.2) is 0 Å². The van der Waals surface area contributed by atoms with Crippen molar-refractivity contribution in [3.05, 3.63) is 63.0 Å². The molecule has 0 radical (unpaired) electrons. The molecule has 1 aliphatic heterocycles. The predicted molar refractivity (Wildman–Crippen MR) is 89.8 cm³/mol. The molecule has 24 heavy (non-hydrogen) atoms. The third-order valence-electron chi connectivity index (χ3n) is 3.78. The molecule has 126 valence electrons. The van der Waals surface area contributed by atoms with Crippen molar-refractivity contribution >= 4 is 23.2 Å². The lowest BCUT2D eigenvalue weighted by molar-refractivity contribution is -0.201. The largest absolute Gasteiger partial charge is 0.341 e. The molecule has 0 aliphatic carbocycles. The van der Waals surface area contributed by atoms with Crippen LogP contribution in [0.5, 0.6) is 0 Å². The van der Waals surface area contributed by atoms with Crippen LogP contribution in [0.3, 0.4) is 0 Å². The molecule has 7 nitrogen and oxygen atoms in total. The average molecular weight is 368 g/mol. The van der Waals surface area contributed by atoms with Gasteiger partial charge in [-0.15, -0.1) is 0 Å². The summed E-state index contributed by atoms with van der Waals surface area (Å²) in [6.07, 6.45) is 5.15. The molecule has 2 aromatic rings. The van der Waals surface area contributed by atoms with Crippen LogP contribution in [0.2, 0.25) is 10.0 Å². The number of aromatic nitrogens is 2. The van der Waals surface area contributed by atoms with E-state index in [4.69, 9.17) is 38.2 Å². The zero-order chi connectivity index (χ0) is 17.2. The fourth-order valence-corrected chi connectivity index (χ4v) is 3.25. The van der Waals surface area contributed by atoms with Crippen LogP contribution in [0.15, 0.2) is 42.0 Å². The van der Waals surface area contributed by atoms with Gasteiger partial charge in [0.2, 0.25) is 5.79 Å². The fourth-order valence-electron chi connectivity index (χ4n) is 2.70. The molecular weight excluding hydrogens is 353 g/mol. The molecule has 1 aromatic carbocycles. The van der Waals surface area contributed by atoms with Crippen molar-refractivity contribution in [2.24, 2.45) is 5.11 Å². The molecule has 3 rings (SSSR count). The SMILES string of the molecule is CC1(CN=[N+]=[N-])COC(Cn2ccnc2)(c2ccc(Cl)cc2Cl)O1. The minimum atomic E-state index is -1.12. The number of azide groups is 1. The van der Waals surface area contributed by atoms with Crippen molar-refractivity contribution in [2.75, 3.05) is 13.2 Å². The second kappa shape index (κ2) is 6.63. The Balaban J connectivity index is 2.01. The van der Waals surface area contributed by atoms with Gasteiger partial charge >= 0.3 is 0 Å². The maximum atomic E-state index is 8.58. The molecule has 2 atom stereocenters. The van der Waals surface area contributed by atoms with Gasteiger partial charge in [-0.1, -0.05) is 34.4 Å². The van der Waals surface area contributed by atoms with Crippen molar-refractivity contribution < 1.29 is 9.47 Å². The molecule has 0 amide bonds. The summed E-state index contributed by atoms with van der Waals surface area (Å²) < 4.78 is 14.1. The van der Waals surface area contributed by atoms with Crippen LogP contribution < -0.4 is 0 Å². The lowest BCUT2D eigenvalue weighted by Crippen LogP contribution is -2.38. The highest BCUT2D eigenvalue weighted by Gasteiger charge is 2.50. The van der Waals surface area contributed by atoms with Gasteiger partial charge in [0.25, 0.3) is 0 Å². The van der Waals surface area contributed by atoms with Gasteiger partial charge in [-0.3, -0.25) is 0 Å². The highest BCUT2D eigenvalue weighted by atomic mass is 35.5. The Kier molecular flexibility index (Phi) is 4.71. The van der Waals surface area contributed by atoms with E-state index in [-0.39, 0.29) is 13.2 Å². The van der Waals surface area contributed by atoms with E-state index in [1.165, 1.54) is 0 Å². The molecule has 2 unspecified atom stereocenters. The van der Waals surface area contributed by atoms with Crippen LogP contribution in [-0.2, 0) is 21.8 Å². The summed E-state index contributed by atoms with van der Waals surface area (Å²) in [5, 5.41) is 4.59. The standard InChI is InChI=1S/C15H15Cl2N5O2/c1-14(7-20-21-18)9-23-15(24-14,8-22-5-4-19-10-22)12-3-2-11(16)6-13(12)17/h2-6,10H,7-9H2,1H3. The van der Waals surface area contributed by atoms with Gasteiger partial charge < -0.3 is 14.0 Å². The lowest BCUT2D eigenvalue weighted by atomic mass is 10.0. The summed E-state index contributed by atoms with van der Waals surface area (Å²) in [6, 6.07) is 5.15. The van der Waals surface area contributed by atoms with Crippen molar-refractivity contribution in [3.8, 4) is 0 Å². The van der Waals surface area contributed by atoms with Crippen LogP contribution in [-0.4, -0.2) is 28.3 Å². The molecule has 0 bridgehead atoms. The Hall–Kier alpha value is -1.76. The quantitative estimate of drug-likeness (QED) is 0.451. The van der Waals surface area contributed by atoms with Gasteiger partial charge in [0.05, 0.1) is 36.6 Å². The Morgan fingerprint density at radius 3 is 2.96 bits per heavy atom. The van der Waals surface area contributed by atoms with E-state index in [1.54, 1.807) is 36.9 Å². The van der Waals surface area contributed by atoms with E-state index in [1.807, 2.05) is 11.5 Å². The number of hydrogen-bond acceptors (Lipinski definition) is 4. The Morgan fingerprint density at radius 2 is 2.29 bits per heavy atom. The molecule has 9 heteroatoms. The molecule has 2 heterocycles. The summed E-state index contributed by atoms with van der Waals surface area (Å²) in [5.41, 5.74) is 8.49. The summed E-state index contributed by atoms with van der Waals surface area (Å²) in [7, 11) is 0. The number of rotatable bonds is 5. The van der Waals surface area contributed by atoms with Gasteiger partial charge in [-0.25, -0.2) is 4.98 Å². The summed E-state index contributed by atoms with van der Waals surface area (Å²) in [5.74, 6) is -1.12. The second-order valence-electron chi connectivity index (χ2n) is 5.84. The Labute approximate surface area is 148 Å². The molecular formula is C15H15Cl2N5O2. The monoisotopic (exact) mass is 367 g/mol. The summed E-state index contributed by atoms with van der Waals surface area (Å²) in [4.78, 5) is 6.84. The first-order chi connectivity index (χ1) is 11.5. The van der Waals surface area contributed by atoms with E-state index in [0.717, 1.165) is 0 Å². The molecule has 1 aliphatic rings. The molecule has 1 aromatic heterocycles. The molecule has 0 N–H and O–H groups in total. The van der Waals surface area contributed by atoms with Crippen LogP contribution in [0.25, 0.3) is 10.4 Å². The second-order valence-corrected chi connectivity index (χ2v) is 6.69. The minimum absolute atomic E-state index is 0.153. The first-order valence-corrected chi connectivity index (χ1v) is 7.98. The van der Waals surface area contributed by atoms with Gasteiger partial charge in [-0.2, -0.15) is 0 Å². The van der Waals surface area contributed by atoms with Crippen LogP contribution in [0.1, 0.15) is 12.5 Å². The van der Waals surface area contributed by atoms with E-state index < -0.39 is 11.4 Å². The third-order valence-corrected chi connectivity index (χ3v) is 4.33. The first-order valence-electron chi connectivity index (χ1n) is 7.23. The van der Waals surface area contributed by atoms with Crippen molar-refractivity contribution in [3.63, 3.8) is 0 Å². The Bertz CT molecular complexity index is 778. The van der Waals surface area contributed by atoms with Gasteiger partial charge in [0, 0.05) is 27.9 Å². The fraction of sp³-hybridized carbons (Fsp3) is 0.400. The van der Waals surface area contributed by atoms with Crippen molar-refractivity contribution in [1.29, 1.82) is 0 Å². The normalized spacial score (nSPS) is 26.3. The predicted octanol–water partition coefficient (Wildman–Crippen LogP) is 4.16. The van der Waals surface area contributed by atoms with Gasteiger partial charge in [-0.05, 0) is 24.6 Å². The number of ether oxygens (including phenoxy) is 2. The van der Waals surface area contributed by atoms with Crippen LogP contribution >= 0.6 is 23.2 Å². The minimum Gasteiger partial charge on any atom is -0.341 e. The number of benzene rings is 1. The van der Waals surface area contributed by atoms with E-state index in [0.29, 0.717) is 22.2 Å². The number of imidazole rings is 1. The van der Waals surface area contributed by atoms with E-state index >= 15 is 0 Å². The maximum absolute atomic E-state index is 8.58. The summed E-state index contributed by atoms with van der Waals surface area (Å²) in [6.45, 7) is 2.60. The summed E-state index contributed by atoms with van der Waals surface area (Å²) >= 11 is 12.4. The molecule has 1 fully saturated rings. The maximum Gasteiger partial charge on any atom is 0.215 e. The van der Waals surface area contributed by atoms with E-state index in [2.05, 4.69) is 15.0 Å². The zero-order valence-corrected chi connectivity index (χ0v) is 14.4. The van der Waals surface area contributed by atoms with Crippen LogP contribution in [0.4, 0.5) is 0 Å². The highest BCUT2D eigenvalue weighted by Crippen LogP contribution is 2.43. The highest BCUT2D eigenvalue weighted by molar-refractivity contribution is 6.35. The van der Waals surface area contributed by atoms with Crippen LogP contribution in [0, 0.1) is 0 Å². The molecule has 1 saturated heterocycles. The van der Waals surface area contributed by atoms with Crippen molar-refractivity contribution in [1.82, 2.24) is 9.55 Å². The lowest BCUT2D eigenvalue weighted by Gasteiger charge is -2.32. The number of nitrogens with zero attached hydrogens (tertiary/aromatic N) is 5. The topological polar surface area (TPSA) is 85.0 Å². The number of hydrogen-bond donors (Lipinski definition) is 0. The molecule has 0 saturated carbocycles. The molecule has 0 spiro atoms. The van der Waals surface area contributed by atoms with Crippen molar-refractivity contribution in [2.45, 2.75) is 24.9 Å².